The fraction of sp³-hybridized carbons (Fsp3) is 0.267. The first-order valence-corrected chi connectivity index (χ1v) is 11.8. The van der Waals surface area contributed by atoms with E-state index in [1.165, 1.54) is 5.56 Å². The lowest BCUT2D eigenvalue weighted by Crippen LogP contribution is -2.44. The Morgan fingerprint density at radius 3 is 2.53 bits per heavy atom. The molecule has 1 unspecified atom stereocenters. The lowest BCUT2D eigenvalue weighted by Gasteiger charge is -2.33. The maximum atomic E-state index is 11.7. The third kappa shape index (κ3) is 5.11. The van der Waals surface area contributed by atoms with E-state index in [1.807, 2.05) is 54.6 Å². The number of aliphatic carboxylic acids is 1. The number of benzene rings is 3. The van der Waals surface area contributed by atoms with E-state index in [1.54, 1.807) is 0 Å². The van der Waals surface area contributed by atoms with Gasteiger partial charge in [-0.25, -0.2) is 0 Å². The van der Waals surface area contributed by atoms with Crippen LogP contribution in [0.5, 0.6) is 0 Å². The van der Waals surface area contributed by atoms with E-state index in [-0.39, 0.29) is 0 Å². The number of nitrogens with zero attached hydrogens (tertiary/aromatic N) is 2. The number of rotatable bonds is 6. The average molecular weight is 451 g/mol. The lowest BCUT2D eigenvalue weighted by molar-refractivity contribution is -0.144. The fourth-order valence-corrected chi connectivity index (χ4v) is 4.80. The first-order chi connectivity index (χ1) is 16.5. The molecule has 3 aromatic rings. The zero-order valence-electron chi connectivity index (χ0n) is 19.8. The van der Waals surface area contributed by atoms with Crippen LogP contribution in [-0.2, 0) is 11.3 Å². The minimum atomic E-state index is -0.723. The number of carbonyl (C=O) groups is 1. The van der Waals surface area contributed by atoms with Crippen molar-refractivity contribution in [2.75, 3.05) is 6.54 Å². The number of piperidine rings is 1. The lowest BCUT2D eigenvalue weighted by atomic mass is 9.94. The first-order valence-electron chi connectivity index (χ1n) is 11.8. The fourth-order valence-electron chi connectivity index (χ4n) is 4.80. The van der Waals surface area contributed by atoms with Gasteiger partial charge in [-0.2, -0.15) is 5.26 Å². The summed E-state index contributed by atoms with van der Waals surface area (Å²) in [5.74, 6) is -0.723. The molecule has 0 radical (unpaired) electrons. The minimum absolute atomic E-state index is 0.394. The number of hydrogen-bond acceptors (Lipinski definition) is 3. The second-order valence-corrected chi connectivity index (χ2v) is 9.04. The Hall–Kier alpha value is -3.68. The van der Waals surface area contributed by atoms with Gasteiger partial charge in [0.15, 0.2) is 0 Å². The second kappa shape index (κ2) is 10.5. The molecule has 4 heteroatoms. The predicted octanol–water partition coefficient (Wildman–Crippen LogP) is 6.45. The topological polar surface area (TPSA) is 64.3 Å². The summed E-state index contributed by atoms with van der Waals surface area (Å²) in [7, 11) is 0. The summed E-state index contributed by atoms with van der Waals surface area (Å²) in [6.45, 7) is 5.65. The second-order valence-electron chi connectivity index (χ2n) is 9.04. The monoisotopic (exact) mass is 450 g/mol. The van der Waals surface area contributed by atoms with Crippen molar-refractivity contribution in [3.05, 3.63) is 94.0 Å². The van der Waals surface area contributed by atoms with Gasteiger partial charge in [-0.15, -0.1) is 0 Å². The quantitative estimate of drug-likeness (QED) is 0.438. The number of nitriles is 1. The highest BCUT2D eigenvalue weighted by Gasteiger charge is 2.28. The maximum Gasteiger partial charge on any atom is 0.320 e. The Bertz CT molecular complexity index is 1250. The normalized spacial score (nSPS) is 16.4. The molecule has 0 spiro atoms. The van der Waals surface area contributed by atoms with Crippen LogP contribution >= 0.6 is 0 Å². The molecule has 4 nitrogen and oxygen atoms in total. The van der Waals surface area contributed by atoms with Gasteiger partial charge in [0.25, 0.3) is 0 Å². The molecular formula is C30H30N2O2. The highest BCUT2D eigenvalue weighted by molar-refractivity contribution is 5.81. The zero-order valence-corrected chi connectivity index (χ0v) is 19.8. The van der Waals surface area contributed by atoms with Crippen molar-refractivity contribution in [2.45, 2.75) is 45.7 Å². The Balaban J connectivity index is 1.60. The van der Waals surface area contributed by atoms with Crippen molar-refractivity contribution in [1.29, 1.82) is 5.26 Å². The van der Waals surface area contributed by atoms with E-state index in [0.29, 0.717) is 12.1 Å². The summed E-state index contributed by atoms with van der Waals surface area (Å²) in [5.41, 5.74) is 8.08. The Morgan fingerprint density at radius 1 is 1.03 bits per heavy atom. The summed E-state index contributed by atoms with van der Waals surface area (Å²) < 4.78 is 0. The number of aryl methyl sites for hydroxylation is 2. The van der Waals surface area contributed by atoms with Crippen LogP contribution in [0.3, 0.4) is 0 Å². The smallest absolute Gasteiger partial charge is 0.320 e. The highest BCUT2D eigenvalue weighted by atomic mass is 16.4. The Morgan fingerprint density at radius 2 is 1.79 bits per heavy atom. The molecule has 1 N–H and O–H groups in total. The average Bonchev–Trinajstić information content (AvgIpc) is 2.85. The summed E-state index contributed by atoms with van der Waals surface area (Å²) in [4.78, 5) is 13.8. The van der Waals surface area contributed by atoms with E-state index in [2.05, 4.69) is 43.0 Å². The van der Waals surface area contributed by atoms with Crippen LogP contribution in [0.4, 0.5) is 0 Å². The number of carboxylic acid groups (broad SMARTS) is 1. The standard InChI is InChI=1S/C30H30N2O2/c1-21-18-26(20-32-16-7-6-13-29(32)30(33)34)22(2)17-25(21)15-14-24-11-8-12-27(28(24)19-31)23-9-4-3-5-10-23/h3-5,8-12,14-15,17-18,29H,6-7,13,16,20H2,1-2H3,(H,33,34)/b15-14+. The molecule has 1 fully saturated rings. The van der Waals surface area contributed by atoms with Gasteiger partial charge in [0.2, 0.25) is 0 Å². The summed E-state index contributed by atoms with van der Waals surface area (Å²) in [6.07, 6.45) is 6.82. The number of carboxylic acids is 1. The van der Waals surface area contributed by atoms with Crippen LogP contribution < -0.4 is 0 Å². The van der Waals surface area contributed by atoms with E-state index >= 15 is 0 Å². The molecule has 0 saturated carbocycles. The third-order valence-electron chi connectivity index (χ3n) is 6.73. The third-order valence-corrected chi connectivity index (χ3v) is 6.73. The van der Waals surface area contributed by atoms with Gasteiger partial charge >= 0.3 is 5.97 Å². The van der Waals surface area contributed by atoms with Crippen molar-refractivity contribution in [3.63, 3.8) is 0 Å². The Kier molecular flexibility index (Phi) is 7.25. The summed E-state index contributed by atoms with van der Waals surface area (Å²) in [6, 6.07) is 22.3. The van der Waals surface area contributed by atoms with E-state index in [9.17, 15) is 15.2 Å². The van der Waals surface area contributed by atoms with Gasteiger partial charge in [-0.05, 0) is 66.6 Å². The number of likely N-dealkylation sites (tertiary alicyclic amines) is 1. The van der Waals surface area contributed by atoms with Gasteiger partial charge in [-0.3, -0.25) is 9.69 Å². The van der Waals surface area contributed by atoms with Gasteiger partial charge in [0.05, 0.1) is 5.56 Å². The summed E-state index contributed by atoms with van der Waals surface area (Å²) >= 11 is 0. The molecule has 0 aliphatic carbocycles. The molecule has 1 atom stereocenters. The molecule has 172 valence electrons. The largest absolute Gasteiger partial charge is 0.480 e. The van der Waals surface area contributed by atoms with Crippen molar-refractivity contribution in [2.24, 2.45) is 0 Å². The van der Waals surface area contributed by atoms with E-state index in [0.717, 1.165) is 59.2 Å². The van der Waals surface area contributed by atoms with E-state index in [4.69, 9.17) is 0 Å². The molecule has 4 rings (SSSR count). The molecule has 34 heavy (non-hydrogen) atoms. The van der Waals surface area contributed by atoms with Crippen molar-refractivity contribution in [1.82, 2.24) is 4.90 Å². The van der Waals surface area contributed by atoms with Gasteiger partial charge < -0.3 is 5.11 Å². The minimum Gasteiger partial charge on any atom is -0.480 e. The van der Waals surface area contributed by atoms with Gasteiger partial charge in [0.1, 0.15) is 12.1 Å². The predicted molar refractivity (Wildman–Crippen MR) is 137 cm³/mol. The molecule has 1 aliphatic heterocycles. The van der Waals surface area contributed by atoms with Crippen LogP contribution in [0, 0.1) is 25.2 Å². The number of hydrogen-bond donors (Lipinski definition) is 1. The van der Waals surface area contributed by atoms with Crippen molar-refractivity contribution < 1.29 is 9.90 Å². The molecule has 1 saturated heterocycles. The van der Waals surface area contributed by atoms with Crippen molar-refractivity contribution in [3.8, 4) is 17.2 Å². The Labute approximate surface area is 201 Å². The van der Waals surface area contributed by atoms with Crippen LogP contribution in [-0.4, -0.2) is 28.6 Å². The zero-order chi connectivity index (χ0) is 24.1. The van der Waals surface area contributed by atoms with Crippen LogP contribution in [0.1, 0.15) is 52.6 Å². The van der Waals surface area contributed by atoms with Crippen molar-refractivity contribution >= 4 is 18.1 Å². The van der Waals surface area contributed by atoms with E-state index < -0.39 is 12.0 Å². The van der Waals surface area contributed by atoms with Gasteiger partial charge in [-0.1, -0.05) is 79.2 Å². The molecule has 0 aromatic heterocycles. The van der Waals surface area contributed by atoms with Crippen LogP contribution in [0.2, 0.25) is 0 Å². The molecule has 1 heterocycles. The molecule has 0 bridgehead atoms. The first kappa shape index (κ1) is 23.5. The SMILES string of the molecule is Cc1cc(CN2CCCCC2C(=O)O)c(C)cc1/C=C/c1cccc(-c2ccccc2)c1C#N. The van der Waals surface area contributed by atoms with Crippen LogP contribution in [0.15, 0.2) is 60.7 Å². The molecule has 1 aliphatic rings. The molecule has 3 aromatic carbocycles. The molecular weight excluding hydrogens is 420 g/mol. The van der Waals surface area contributed by atoms with Gasteiger partial charge in [0, 0.05) is 12.1 Å². The summed E-state index contributed by atoms with van der Waals surface area (Å²) in [5, 5.41) is 19.5. The van der Waals surface area contributed by atoms with Crippen LogP contribution in [0.25, 0.3) is 23.3 Å². The highest BCUT2D eigenvalue weighted by Crippen LogP contribution is 2.28. The molecule has 0 amide bonds. The maximum absolute atomic E-state index is 11.7.